The molecule has 0 heterocycles. The molecule has 0 unspecified atom stereocenters. The van der Waals surface area contributed by atoms with Crippen LogP contribution in [0, 0.1) is 0 Å². The maximum absolute atomic E-state index is 2.00. The summed E-state index contributed by atoms with van der Waals surface area (Å²) in [6.45, 7) is 0. The molecule has 3 heteroatoms. The van der Waals surface area contributed by atoms with Crippen LogP contribution in [0.25, 0.3) is 0 Å². The van der Waals surface area contributed by atoms with E-state index < -0.39 is 0 Å². The first-order chi connectivity index (χ1) is 1.41. The van der Waals surface area contributed by atoms with Crippen molar-refractivity contribution in [3.05, 3.63) is 0 Å². The molecule has 2 N–H and O–H groups in total. The van der Waals surface area contributed by atoms with E-state index in [0.717, 1.165) is 0 Å². The quantitative estimate of drug-likeness (QED) is 0.322. The van der Waals surface area contributed by atoms with Crippen molar-refractivity contribution < 1.29 is 29.3 Å². The molecule has 0 amide bonds. The summed E-state index contributed by atoms with van der Waals surface area (Å²) in [4.78, 5) is 0. The Morgan fingerprint density at radius 2 is 1.20 bits per heavy atom. The first-order valence-electron chi connectivity index (χ1n) is 1.15. The van der Waals surface area contributed by atoms with Crippen molar-refractivity contribution in [3.8, 4) is 0 Å². The molecule has 0 spiro atoms. The van der Waals surface area contributed by atoms with Gasteiger partial charge < -0.3 is 29.3 Å². The Balaban J connectivity index is -0.0000000200. The standard InChI is InChI=1S/C2H7N.HI.Pb/c1-3-2;;/h3H,1-2H3;1H;. The fraction of sp³-hybridized carbons (Fsp3) is 1.00. The first kappa shape index (κ1) is 16.0. The second-order valence-corrected chi connectivity index (χ2v) is 0.577. The van der Waals surface area contributed by atoms with Gasteiger partial charge in [0, 0.05) is 27.3 Å². The smallest absolute Gasteiger partial charge is 0.0647 e. The summed E-state index contributed by atoms with van der Waals surface area (Å²) < 4.78 is 0. The van der Waals surface area contributed by atoms with Gasteiger partial charge >= 0.3 is 0 Å². The maximum Gasteiger partial charge on any atom is 0.0647 e. The van der Waals surface area contributed by atoms with Crippen molar-refractivity contribution in [1.82, 2.24) is 0 Å². The number of rotatable bonds is 0. The Morgan fingerprint density at radius 3 is 1.20 bits per heavy atom. The van der Waals surface area contributed by atoms with Crippen molar-refractivity contribution in [2.45, 2.75) is 0 Å². The van der Waals surface area contributed by atoms with E-state index in [1.165, 1.54) is 0 Å². The average molecular weight is 380 g/mol. The average Bonchev–Trinajstić information content (AvgIpc) is 0.918. The van der Waals surface area contributed by atoms with E-state index in [4.69, 9.17) is 0 Å². The predicted octanol–water partition coefficient (Wildman–Crippen LogP) is -4.57. The Hall–Kier alpha value is 1.61. The number of nitrogens with two attached hydrogens (primary N) is 1. The van der Waals surface area contributed by atoms with Crippen LogP contribution in [-0.2, 0) is 0 Å². The van der Waals surface area contributed by atoms with Crippen molar-refractivity contribution in [2.24, 2.45) is 0 Å². The summed E-state index contributed by atoms with van der Waals surface area (Å²) in [5, 5.41) is 2.00. The molecule has 1 nitrogen and oxygen atoms in total. The summed E-state index contributed by atoms with van der Waals surface area (Å²) in [5.74, 6) is 0. The fourth-order valence-corrected chi connectivity index (χ4v) is 0. The molecule has 32 valence electrons. The van der Waals surface area contributed by atoms with Crippen LogP contribution in [0.4, 0.5) is 0 Å². The minimum Gasteiger partial charge on any atom is -1.00 e. The van der Waals surface area contributed by atoms with Gasteiger partial charge in [0.2, 0.25) is 0 Å². The Morgan fingerprint density at radius 1 is 1.20 bits per heavy atom. The van der Waals surface area contributed by atoms with Crippen LogP contribution in [0.2, 0.25) is 0 Å². The Labute approximate surface area is 70.1 Å². The molecule has 0 bridgehead atoms. The summed E-state index contributed by atoms with van der Waals surface area (Å²) >= 11 is 0. The van der Waals surface area contributed by atoms with Gasteiger partial charge in [0.05, 0.1) is 14.1 Å². The summed E-state index contributed by atoms with van der Waals surface area (Å²) in [7, 11) is 4.00. The van der Waals surface area contributed by atoms with Crippen LogP contribution < -0.4 is 29.3 Å². The van der Waals surface area contributed by atoms with Crippen molar-refractivity contribution in [2.75, 3.05) is 14.1 Å². The van der Waals surface area contributed by atoms with Crippen LogP contribution in [0.5, 0.6) is 0 Å². The van der Waals surface area contributed by atoms with Gasteiger partial charge in [0.1, 0.15) is 0 Å². The molecule has 0 aliphatic heterocycles. The zero-order chi connectivity index (χ0) is 2.71. The van der Waals surface area contributed by atoms with Crippen LogP contribution in [0.1, 0.15) is 0 Å². The van der Waals surface area contributed by atoms with E-state index in [2.05, 4.69) is 0 Å². The molecular formula is C2H8INPb. The van der Waals surface area contributed by atoms with E-state index in [-0.39, 0.29) is 51.3 Å². The van der Waals surface area contributed by atoms with Gasteiger partial charge in [0.25, 0.3) is 0 Å². The number of hydrogen-bond donors (Lipinski definition) is 1. The molecule has 5 heavy (non-hydrogen) atoms. The molecule has 4 radical (unpaired) electrons. The molecule has 0 saturated carbocycles. The van der Waals surface area contributed by atoms with Gasteiger partial charge in [-0.2, -0.15) is 0 Å². The maximum atomic E-state index is 2.00. The zero-order valence-electron chi connectivity index (χ0n) is 3.46. The van der Waals surface area contributed by atoms with Crippen LogP contribution >= 0.6 is 0 Å². The van der Waals surface area contributed by atoms with Gasteiger partial charge in [-0.05, 0) is 0 Å². The molecular weight excluding hydrogens is 372 g/mol. The van der Waals surface area contributed by atoms with E-state index >= 15 is 0 Å². The molecule has 0 aromatic heterocycles. The SMILES string of the molecule is C[NH2+]C.[I-].[Pb]. The van der Waals surface area contributed by atoms with Gasteiger partial charge in [-0.15, -0.1) is 0 Å². The summed E-state index contributed by atoms with van der Waals surface area (Å²) in [6, 6.07) is 0. The van der Waals surface area contributed by atoms with Crippen LogP contribution in [0.3, 0.4) is 0 Å². The molecule has 0 atom stereocenters. The van der Waals surface area contributed by atoms with Crippen molar-refractivity contribution >= 4 is 27.3 Å². The summed E-state index contributed by atoms with van der Waals surface area (Å²) in [5.41, 5.74) is 0. The third-order valence-electron chi connectivity index (χ3n) is 0. The minimum absolute atomic E-state index is 0. The number of quaternary nitrogens is 1. The van der Waals surface area contributed by atoms with Gasteiger partial charge in [-0.1, -0.05) is 0 Å². The largest absolute Gasteiger partial charge is 1.00 e. The first-order valence-corrected chi connectivity index (χ1v) is 1.15. The third kappa shape index (κ3) is 28.2. The van der Waals surface area contributed by atoms with Gasteiger partial charge in [-0.25, -0.2) is 0 Å². The Bertz CT molecular complexity index is 9.61. The van der Waals surface area contributed by atoms with E-state index in [1.807, 2.05) is 19.4 Å². The molecule has 0 aromatic carbocycles. The Kier molecular flexibility index (Phi) is 55.9. The third-order valence-corrected chi connectivity index (χ3v) is 0. The molecule has 0 rings (SSSR count). The second kappa shape index (κ2) is 17.5. The van der Waals surface area contributed by atoms with E-state index in [1.54, 1.807) is 0 Å². The summed E-state index contributed by atoms with van der Waals surface area (Å²) in [6.07, 6.45) is 0. The van der Waals surface area contributed by atoms with Crippen LogP contribution in [0.15, 0.2) is 0 Å². The van der Waals surface area contributed by atoms with Crippen molar-refractivity contribution in [1.29, 1.82) is 0 Å². The predicted molar refractivity (Wildman–Crippen MR) is 19.5 cm³/mol. The molecule has 0 aromatic rings. The zero-order valence-corrected chi connectivity index (χ0v) is 9.50. The molecule has 0 aliphatic rings. The van der Waals surface area contributed by atoms with E-state index in [0.29, 0.717) is 0 Å². The monoisotopic (exact) mass is 381 g/mol. The normalized spacial score (nSPS) is 3.60. The van der Waals surface area contributed by atoms with Gasteiger partial charge in [0.15, 0.2) is 0 Å². The van der Waals surface area contributed by atoms with Crippen molar-refractivity contribution in [3.63, 3.8) is 0 Å². The number of hydrogen-bond acceptors (Lipinski definition) is 0. The minimum atomic E-state index is 0. The molecule has 0 saturated heterocycles. The fourth-order valence-electron chi connectivity index (χ4n) is 0. The molecule has 0 fully saturated rings. The number of halogens is 1. The second-order valence-electron chi connectivity index (χ2n) is 0.577. The van der Waals surface area contributed by atoms with Crippen LogP contribution in [-0.4, -0.2) is 41.4 Å². The van der Waals surface area contributed by atoms with E-state index in [9.17, 15) is 0 Å². The molecule has 0 aliphatic carbocycles. The van der Waals surface area contributed by atoms with Gasteiger partial charge in [-0.3, -0.25) is 0 Å². The topological polar surface area (TPSA) is 16.6 Å².